The monoisotopic (exact) mass is 330 g/mol. The van der Waals surface area contributed by atoms with Crippen LogP contribution in [0.4, 0.5) is 0 Å². The molecular formula is C20H30O2Si. The Bertz CT molecular complexity index is 555. The third kappa shape index (κ3) is 4.42. The third-order valence-corrected chi connectivity index (χ3v) is 9.77. The maximum atomic E-state index is 11.0. The summed E-state index contributed by atoms with van der Waals surface area (Å²) in [7, 11) is -1.87. The maximum absolute atomic E-state index is 11.0. The van der Waals surface area contributed by atoms with Crippen molar-refractivity contribution in [1.82, 2.24) is 0 Å². The Hall–Kier alpha value is -1.19. The minimum Gasteiger partial charge on any atom is -0.406 e. The van der Waals surface area contributed by atoms with Crippen molar-refractivity contribution in [2.45, 2.75) is 64.3 Å². The molecule has 0 amide bonds. The van der Waals surface area contributed by atoms with Crippen molar-refractivity contribution < 1.29 is 9.22 Å². The number of carbonyl (C=O) groups excluding carboxylic acids is 1. The molecule has 0 aliphatic heterocycles. The van der Waals surface area contributed by atoms with Gasteiger partial charge in [0.15, 0.2) is 8.32 Å². The van der Waals surface area contributed by atoms with Gasteiger partial charge < -0.3 is 9.22 Å². The fraction of sp³-hybridized carbons (Fsp3) is 0.550. The molecule has 0 saturated carbocycles. The summed E-state index contributed by atoms with van der Waals surface area (Å²) in [5.41, 5.74) is 2.58. The fourth-order valence-electron chi connectivity index (χ4n) is 2.69. The number of benzene rings is 1. The van der Waals surface area contributed by atoms with Crippen LogP contribution in [0.15, 0.2) is 42.0 Å². The summed E-state index contributed by atoms with van der Waals surface area (Å²) in [6, 6.07) is 10.5. The Morgan fingerprint density at radius 3 is 2.35 bits per heavy atom. The molecule has 0 N–H and O–H groups in total. The van der Waals surface area contributed by atoms with Gasteiger partial charge in [-0.15, -0.1) is 0 Å². The van der Waals surface area contributed by atoms with Crippen molar-refractivity contribution in [1.29, 1.82) is 0 Å². The Balaban J connectivity index is 2.31. The van der Waals surface area contributed by atoms with E-state index in [1.807, 2.05) is 6.07 Å². The average Bonchev–Trinajstić information content (AvgIpc) is 2.52. The first-order chi connectivity index (χ1) is 10.7. The van der Waals surface area contributed by atoms with Gasteiger partial charge in [0.05, 0.1) is 6.10 Å². The van der Waals surface area contributed by atoms with E-state index in [0.717, 1.165) is 25.5 Å². The third-order valence-electron chi connectivity index (χ3n) is 5.34. The molecular weight excluding hydrogens is 300 g/mol. The topological polar surface area (TPSA) is 26.3 Å². The zero-order valence-electron chi connectivity index (χ0n) is 15.1. The van der Waals surface area contributed by atoms with E-state index in [1.54, 1.807) is 0 Å². The van der Waals surface area contributed by atoms with Crippen LogP contribution in [0.3, 0.4) is 0 Å². The molecule has 0 radical (unpaired) electrons. The van der Waals surface area contributed by atoms with Crippen molar-refractivity contribution in [3.63, 3.8) is 0 Å². The molecule has 2 atom stereocenters. The zero-order chi connectivity index (χ0) is 17.1. The summed E-state index contributed by atoms with van der Waals surface area (Å²) in [5, 5.41) is 0.181. The Morgan fingerprint density at radius 1 is 1.22 bits per heavy atom. The highest BCUT2D eigenvalue weighted by Crippen LogP contribution is 2.43. The SMILES string of the molecule is CC(C)(C)[Si](C)(C)OC(C1=CCC(C=O)CC1)c1ccccc1. The number of hydrogen-bond acceptors (Lipinski definition) is 2. The van der Waals surface area contributed by atoms with Crippen LogP contribution >= 0.6 is 0 Å². The maximum Gasteiger partial charge on any atom is 0.193 e. The second-order valence-corrected chi connectivity index (χ2v) is 12.9. The summed E-state index contributed by atoms with van der Waals surface area (Å²) in [5.74, 6) is 0.183. The minimum absolute atomic E-state index is 0.0321. The molecule has 23 heavy (non-hydrogen) atoms. The van der Waals surface area contributed by atoms with Crippen LogP contribution in [0.25, 0.3) is 0 Å². The Morgan fingerprint density at radius 2 is 1.87 bits per heavy atom. The van der Waals surface area contributed by atoms with Crippen LogP contribution in [0, 0.1) is 5.92 Å². The first-order valence-corrected chi connectivity index (χ1v) is 11.5. The molecule has 2 unspecified atom stereocenters. The predicted octanol–water partition coefficient (Wildman–Crippen LogP) is 5.67. The summed E-state index contributed by atoms with van der Waals surface area (Å²) >= 11 is 0. The number of aldehydes is 1. The molecule has 3 heteroatoms. The Kier molecular flexibility index (Phi) is 5.64. The fourth-order valence-corrected chi connectivity index (χ4v) is 3.92. The summed E-state index contributed by atoms with van der Waals surface area (Å²) in [6.07, 6.45) is 6.12. The van der Waals surface area contributed by atoms with Crippen molar-refractivity contribution in [2.75, 3.05) is 0 Å². The van der Waals surface area contributed by atoms with Crippen LogP contribution in [-0.2, 0) is 9.22 Å². The van der Waals surface area contributed by atoms with Gasteiger partial charge in [-0.2, -0.15) is 0 Å². The molecule has 2 rings (SSSR count). The zero-order valence-corrected chi connectivity index (χ0v) is 16.1. The lowest BCUT2D eigenvalue weighted by atomic mass is 9.86. The van der Waals surface area contributed by atoms with Crippen LogP contribution in [0.2, 0.25) is 18.1 Å². The number of allylic oxidation sites excluding steroid dienone is 1. The van der Waals surface area contributed by atoms with Crippen molar-refractivity contribution in [2.24, 2.45) is 5.92 Å². The first kappa shape index (κ1) is 18.1. The molecule has 1 aliphatic carbocycles. The van der Waals surface area contributed by atoms with E-state index in [1.165, 1.54) is 11.1 Å². The van der Waals surface area contributed by atoms with E-state index >= 15 is 0 Å². The quantitative estimate of drug-likeness (QED) is 0.395. The standard InChI is InChI=1S/C20H30O2Si/c1-20(2,3)23(4,5)22-19(17-9-7-6-8-10-17)18-13-11-16(15-21)12-14-18/h6-10,13,15-16,19H,11-12,14H2,1-5H3. The van der Waals surface area contributed by atoms with Gasteiger partial charge in [-0.3, -0.25) is 0 Å². The van der Waals surface area contributed by atoms with Gasteiger partial charge in [-0.25, -0.2) is 0 Å². The van der Waals surface area contributed by atoms with Crippen molar-refractivity contribution in [3.8, 4) is 0 Å². The highest BCUT2D eigenvalue weighted by atomic mass is 28.4. The highest BCUT2D eigenvalue weighted by Gasteiger charge is 2.40. The number of hydrogen-bond donors (Lipinski definition) is 0. The van der Waals surface area contributed by atoms with Crippen LogP contribution in [0.5, 0.6) is 0 Å². The predicted molar refractivity (Wildman–Crippen MR) is 99.0 cm³/mol. The average molecular weight is 331 g/mol. The van der Waals surface area contributed by atoms with Gasteiger partial charge in [-0.1, -0.05) is 57.2 Å². The van der Waals surface area contributed by atoms with Gasteiger partial charge in [0.1, 0.15) is 6.29 Å². The van der Waals surface area contributed by atoms with Gasteiger partial charge >= 0.3 is 0 Å². The molecule has 126 valence electrons. The second kappa shape index (κ2) is 7.14. The largest absolute Gasteiger partial charge is 0.406 e. The van der Waals surface area contributed by atoms with Gasteiger partial charge in [0, 0.05) is 5.92 Å². The lowest BCUT2D eigenvalue weighted by Gasteiger charge is -2.40. The smallest absolute Gasteiger partial charge is 0.193 e. The number of rotatable bonds is 5. The van der Waals surface area contributed by atoms with E-state index in [2.05, 4.69) is 64.2 Å². The van der Waals surface area contributed by atoms with Crippen LogP contribution < -0.4 is 0 Å². The number of carbonyl (C=O) groups is 1. The molecule has 0 bridgehead atoms. The van der Waals surface area contributed by atoms with Gasteiger partial charge in [0.2, 0.25) is 0 Å². The molecule has 0 aromatic heterocycles. The molecule has 0 spiro atoms. The van der Waals surface area contributed by atoms with Crippen molar-refractivity contribution >= 4 is 14.6 Å². The van der Waals surface area contributed by atoms with E-state index < -0.39 is 8.32 Å². The molecule has 0 fully saturated rings. The molecule has 1 aromatic rings. The van der Waals surface area contributed by atoms with E-state index in [9.17, 15) is 4.79 Å². The summed E-state index contributed by atoms with van der Waals surface area (Å²) < 4.78 is 6.78. The second-order valence-electron chi connectivity index (χ2n) is 8.12. The molecule has 1 aromatic carbocycles. The normalized spacial score (nSPS) is 20.7. The van der Waals surface area contributed by atoms with Crippen LogP contribution in [-0.4, -0.2) is 14.6 Å². The lowest BCUT2D eigenvalue weighted by Crippen LogP contribution is -2.42. The van der Waals surface area contributed by atoms with Gasteiger partial charge in [-0.05, 0) is 48.5 Å². The molecule has 1 aliphatic rings. The van der Waals surface area contributed by atoms with Crippen molar-refractivity contribution in [3.05, 3.63) is 47.5 Å². The van der Waals surface area contributed by atoms with Crippen LogP contribution in [0.1, 0.15) is 51.7 Å². The van der Waals surface area contributed by atoms with E-state index in [-0.39, 0.29) is 17.1 Å². The molecule has 2 nitrogen and oxygen atoms in total. The summed E-state index contributed by atoms with van der Waals surface area (Å²) in [6.45, 7) is 11.4. The lowest BCUT2D eigenvalue weighted by molar-refractivity contribution is -0.111. The Labute approximate surface area is 142 Å². The highest BCUT2D eigenvalue weighted by molar-refractivity contribution is 6.74. The first-order valence-electron chi connectivity index (χ1n) is 8.61. The molecule has 0 heterocycles. The van der Waals surface area contributed by atoms with E-state index in [0.29, 0.717) is 0 Å². The summed E-state index contributed by atoms with van der Waals surface area (Å²) in [4.78, 5) is 11.0. The minimum atomic E-state index is -1.87. The van der Waals surface area contributed by atoms with E-state index in [4.69, 9.17) is 4.43 Å². The van der Waals surface area contributed by atoms with Gasteiger partial charge in [0.25, 0.3) is 0 Å². The molecule has 0 saturated heterocycles.